The molecule has 0 heterocycles. The molecular formula is H3AlCuTiZr. The fourth-order valence-corrected chi connectivity index (χ4v) is 0. The normalized spacial score (nSPS) is 0. The minimum Gasteiger partial charge on any atom is 0 e. The monoisotopic (exact) mass is 231 g/mol. The maximum absolute atomic E-state index is 0. The molecule has 0 fully saturated rings. The van der Waals surface area contributed by atoms with E-state index in [1.807, 2.05) is 0 Å². The van der Waals surface area contributed by atoms with Gasteiger partial charge in [0.05, 0.1) is 0 Å². The zero-order chi connectivity index (χ0) is 0. The molecule has 0 aliphatic carbocycles. The minimum atomic E-state index is 0. The van der Waals surface area contributed by atoms with Crippen LogP contribution < -0.4 is 0 Å². The van der Waals surface area contributed by atoms with E-state index < -0.39 is 0 Å². The summed E-state index contributed by atoms with van der Waals surface area (Å²) in [5.41, 5.74) is 0. The van der Waals surface area contributed by atoms with E-state index in [4.69, 9.17) is 0 Å². The minimum absolute atomic E-state index is 0. The molecule has 0 aromatic heterocycles. The summed E-state index contributed by atoms with van der Waals surface area (Å²) in [4.78, 5) is 0. The van der Waals surface area contributed by atoms with Crippen LogP contribution in [0.3, 0.4) is 0 Å². The molecule has 0 rings (SSSR count). The van der Waals surface area contributed by atoms with Gasteiger partial charge in [-0.05, 0) is 0 Å². The maximum atomic E-state index is 0. The van der Waals surface area contributed by atoms with E-state index in [2.05, 4.69) is 0 Å². The second kappa shape index (κ2) is 17.4. The van der Waals surface area contributed by atoms with Gasteiger partial charge in [-0.2, -0.15) is 0 Å². The first kappa shape index (κ1) is 30.2. The van der Waals surface area contributed by atoms with Crippen LogP contribution in [0.25, 0.3) is 0 Å². The number of hydrogen-bond acceptors (Lipinski definition) is 0. The number of rotatable bonds is 0. The SMILES string of the molecule is [AlH3].[Cu].[Ti].[Zr]. The van der Waals surface area contributed by atoms with E-state index in [-0.39, 0.29) is 82.4 Å². The molecule has 0 N–H and O–H groups in total. The summed E-state index contributed by atoms with van der Waals surface area (Å²) in [6.45, 7) is 0. The van der Waals surface area contributed by atoms with E-state index in [9.17, 15) is 0 Å². The van der Waals surface area contributed by atoms with Crippen LogP contribution in [-0.2, 0) is 65.0 Å². The Hall–Kier alpha value is 2.65. The molecule has 0 atom stereocenters. The van der Waals surface area contributed by atoms with Crippen LogP contribution in [0.15, 0.2) is 0 Å². The van der Waals surface area contributed by atoms with Crippen molar-refractivity contribution < 1.29 is 65.0 Å². The van der Waals surface area contributed by atoms with E-state index in [1.165, 1.54) is 0 Å². The van der Waals surface area contributed by atoms with Crippen molar-refractivity contribution in [3.05, 3.63) is 0 Å². The molecule has 1 radical (unpaired) electrons. The topological polar surface area (TPSA) is 0 Å². The third kappa shape index (κ3) is 8.82. The Labute approximate surface area is 81.1 Å². The second-order valence-electron chi connectivity index (χ2n) is 0. The van der Waals surface area contributed by atoms with Crippen molar-refractivity contribution in [1.29, 1.82) is 0 Å². The Kier molecular flexibility index (Phi) is 132. The molecule has 0 saturated carbocycles. The predicted molar refractivity (Wildman–Crippen MR) is 9.94 cm³/mol. The third-order valence-corrected chi connectivity index (χ3v) is 0. The van der Waals surface area contributed by atoms with Gasteiger partial charge >= 0.3 is 0 Å². The average Bonchev–Trinajstić information content (AvgIpc) is 0. The zero-order valence-corrected chi connectivity index (χ0v) is 6.26. The van der Waals surface area contributed by atoms with Crippen molar-refractivity contribution in [1.82, 2.24) is 0 Å². The standard InChI is InChI=1S/Al.Cu.Ti.Zr.3H. The van der Waals surface area contributed by atoms with Crippen molar-refractivity contribution in [2.75, 3.05) is 0 Å². The Morgan fingerprint density at radius 1 is 1.00 bits per heavy atom. The molecule has 0 spiro atoms. The Morgan fingerprint density at radius 3 is 1.00 bits per heavy atom. The Morgan fingerprint density at radius 2 is 1.00 bits per heavy atom. The molecule has 4 heavy (non-hydrogen) atoms. The molecule has 0 saturated heterocycles. The van der Waals surface area contributed by atoms with E-state index in [0.717, 1.165) is 0 Å². The van der Waals surface area contributed by atoms with E-state index in [1.54, 1.807) is 0 Å². The van der Waals surface area contributed by atoms with E-state index in [0.29, 0.717) is 0 Å². The van der Waals surface area contributed by atoms with Gasteiger partial charge in [0.25, 0.3) is 0 Å². The van der Waals surface area contributed by atoms with Crippen molar-refractivity contribution >= 4 is 17.4 Å². The van der Waals surface area contributed by atoms with Crippen LogP contribution >= 0.6 is 0 Å². The van der Waals surface area contributed by atoms with Crippen molar-refractivity contribution in [3.8, 4) is 0 Å². The first-order valence-electron chi connectivity index (χ1n) is 0. The summed E-state index contributed by atoms with van der Waals surface area (Å²) >= 11 is 0. The molecule has 0 amide bonds. The molecule has 25 valence electrons. The summed E-state index contributed by atoms with van der Waals surface area (Å²) in [5, 5.41) is 0. The van der Waals surface area contributed by atoms with Gasteiger partial charge in [-0.25, -0.2) is 0 Å². The molecule has 4 heteroatoms. The molecule has 0 unspecified atom stereocenters. The van der Waals surface area contributed by atoms with Gasteiger partial charge in [-0.3, -0.25) is 0 Å². The smallest absolute Gasteiger partial charge is 0 e. The third-order valence-electron chi connectivity index (χ3n) is 0. The zero-order valence-electron chi connectivity index (χ0n) is 1.30. The first-order chi connectivity index (χ1) is 0. The molecule has 0 aromatic rings. The summed E-state index contributed by atoms with van der Waals surface area (Å²) < 4.78 is 0. The van der Waals surface area contributed by atoms with E-state index >= 15 is 0 Å². The number of hydrogen-bond donors (Lipinski definition) is 0. The van der Waals surface area contributed by atoms with Gasteiger partial charge in [-0.1, -0.05) is 0 Å². The van der Waals surface area contributed by atoms with Gasteiger partial charge in [0.2, 0.25) is 0 Å². The predicted octanol–water partition coefficient (Wildman–Crippen LogP) is -1.19. The van der Waals surface area contributed by atoms with Crippen molar-refractivity contribution in [2.24, 2.45) is 0 Å². The van der Waals surface area contributed by atoms with Gasteiger partial charge in [-0.15, -0.1) is 0 Å². The van der Waals surface area contributed by atoms with Crippen LogP contribution in [0, 0.1) is 0 Å². The molecule has 0 aliphatic heterocycles. The van der Waals surface area contributed by atoms with Crippen LogP contribution in [-0.4, -0.2) is 17.4 Å². The summed E-state index contributed by atoms with van der Waals surface area (Å²) in [5.74, 6) is 0. The fourth-order valence-electron chi connectivity index (χ4n) is 0. The quantitative estimate of drug-likeness (QED) is 0.461. The maximum Gasteiger partial charge on any atom is 0.187 e. The van der Waals surface area contributed by atoms with Crippen LogP contribution in [0.1, 0.15) is 0 Å². The molecule has 0 nitrogen and oxygen atoms in total. The molecule has 0 bridgehead atoms. The molecular weight excluding hydrogens is 230 g/mol. The Balaban J connectivity index is 0. The van der Waals surface area contributed by atoms with Crippen LogP contribution in [0.5, 0.6) is 0 Å². The van der Waals surface area contributed by atoms with Crippen LogP contribution in [0.4, 0.5) is 0 Å². The van der Waals surface area contributed by atoms with Gasteiger partial charge in [0, 0.05) is 65.0 Å². The first-order valence-corrected chi connectivity index (χ1v) is 0. The second-order valence-corrected chi connectivity index (χ2v) is 0. The largest absolute Gasteiger partial charge is 0.187 e. The summed E-state index contributed by atoms with van der Waals surface area (Å²) in [7, 11) is 0. The van der Waals surface area contributed by atoms with Gasteiger partial charge < -0.3 is 0 Å². The van der Waals surface area contributed by atoms with Gasteiger partial charge in [0.15, 0.2) is 17.4 Å². The van der Waals surface area contributed by atoms with Gasteiger partial charge in [0.1, 0.15) is 0 Å². The fraction of sp³-hybridized carbons (Fsp3) is 0. The van der Waals surface area contributed by atoms with Crippen molar-refractivity contribution in [3.63, 3.8) is 0 Å². The summed E-state index contributed by atoms with van der Waals surface area (Å²) in [6, 6.07) is 0. The molecule has 0 aromatic carbocycles. The summed E-state index contributed by atoms with van der Waals surface area (Å²) in [6.07, 6.45) is 0. The molecule has 0 aliphatic rings. The average molecular weight is 233 g/mol. The Bertz CT molecular complexity index is 8.00. The van der Waals surface area contributed by atoms with Crippen molar-refractivity contribution in [2.45, 2.75) is 0 Å². The van der Waals surface area contributed by atoms with Crippen LogP contribution in [0.2, 0.25) is 0 Å².